The van der Waals surface area contributed by atoms with Crippen LogP contribution < -0.4 is 0 Å². The highest BCUT2D eigenvalue weighted by Gasteiger charge is 2.71. The molecular weight excluding hydrogens is 588 g/mol. The molecule has 3 aliphatic carbocycles. The van der Waals surface area contributed by atoms with E-state index >= 15 is 0 Å². The van der Waals surface area contributed by atoms with Crippen molar-refractivity contribution in [1.29, 1.82) is 0 Å². The summed E-state index contributed by atoms with van der Waals surface area (Å²) >= 11 is 0. The average molecular weight is 629 g/mol. The standard InChI is InChI=1S/C13H20F6O2.C11H14F6O.C2H6/c1-7-4-8(10(2,20)12(14,15)16)6-9(5-7)11(3,21)13(17,18)19;12-10(13,14)9(18,11(15,16)17)5-8-4-6-1-2-7(8)3-6;1-2/h7-9,20-21H,4-6H2,1-3H3;6-8,18H,1-5H2;1-2H3. The van der Waals surface area contributed by atoms with Gasteiger partial charge in [-0.3, -0.25) is 0 Å². The Morgan fingerprint density at radius 2 is 0.951 bits per heavy atom. The van der Waals surface area contributed by atoms with Gasteiger partial charge in [-0.05, 0) is 94.3 Å². The molecule has 3 rings (SSSR count). The van der Waals surface area contributed by atoms with Gasteiger partial charge in [-0.2, -0.15) is 52.7 Å². The molecule has 41 heavy (non-hydrogen) atoms. The van der Waals surface area contributed by atoms with Crippen LogP contribution in [0.2, 0.25) is 0 Å². The second-order valence-electron chi connectivity index (χ2n) is 12.0. The summed E-state index contributed by atoms with van der Waals surface area (Å²) in [5.74, 6) is -3.72. The van der Waals surface area contributed by atoms with Gasteiger partial charge in [0, 0.05) is 0 Å². The molecule has 7 atom stereocenters. The van der Waals surface area contributed by atoms with Crippen LogP contribution in [0.5, 0.6) is 0 Å². The second-order valence-corrected chi connectivity index (χ2v) is 12.0. The van der Waals surface area contributed by atoms with Crippen molar-refractivity contribution in [2.24, 2.45) is 35.5 Å². The Bertz CT molecular complexity index is 782. The Morgan fingerprint density at radius 3 is 1.22 bits per heavy atom. The molecule has 3 saturated carbocycles. The molecule has 3 nitrogen and oxygen atoms in total. The third-order valence-corrected chi connectivity index (χ3v) is 9.06. The van der Waals surface area contributed by atoms with E-state index in [4.69, 9.17) is 5.11 Å². The first-order valence-corrected chi connectivity index (χ1v) is 13.6. The van der Waals surface area contributed by atoms with Crippen LogP contribution in [0.4, 0.5) is 52.7 Å². The zero-order chi connectivity index (χ0) is 32.6. The number of hydrogen-bond acceptors (Lipinski definition) is 3. The molecular formula is C26H40F12O3. The van der Waals surface area contributed by atoms with Crippen molar-refractivity contribution in [2.75, 3.05) is 0 Å². The fourth-order valence-corrected chi connectivity index (χ4v) is 6.38. The molecule has 15 heteroatoms. The Hall–Kier alpha value is -0.960. The number of alkyl halides is 12. The number of fused-ring (bicyclic) bond motifs is 2. The minimum Gasteiger partial charge on any atom is -0.380 e. The smallest absolute Gasteiger partial charge is 0.380 e. The molecule has 3 fully saturated rings. The quantitative estimate of drug-likeness (QED) is 0.274. The molecule has 0 saturated heterocycles. The lowest BCUT2D eigenvalue weighted by Crippen LogP contribution is -2.58. The van der Waals surface area contributed by atoms with Gasteiger partial charge in [-0.1, -0.05) is 27.2 Å². The van der Waals surface area contributed by atoms with Crippen LogP contribution in [0.15, 0.2) is 0 Å². The van der Waals surface area contributed by atoms with E-state index in [0.29, 0.717) is 33.1 Å². The summed E-state index contributed by atoms with van der Waals surface area (Å²) < 4.78 is 152. The molecule has 0 amide bonds. The summed E-state index contributed by atoms with van der Waals surface area (Å²) in [6.07, 6.45) is -20.4. The zero-order valence-electron chi connectivity index (χ0n) is 23.5. The van der Waals surface area contributed by atoms with Crippen molar-refractivity contribution in [3.63, 3.8) is 0 Å². The summed E-state index contributed by atoms with van der Waals surface area (Å²) in [7, 11) is 0. The molecule has 0 spiro atoms. The van der Waals surface area contributed by atoms with E-state index in [2.05, 4.69) is 0 Å². The summed E-state index contributed by atoms with van der Waals surface area (Å²) in [6.45, 7) is 6.68. The van der Waals surface area contributed by atoms with E-state index in [-0.39, 0.29) is 24.7 Å². The van der Waals surface area contributed by atoms with Crippen LogP contribution in [0.1, 0.15) is 86.0 Å². The van der Waals surface area contributed by atoms with E-state index in [0.717, 1.165) is 6.42 Å². The molecule has 7 unspecified atom stereocenters. The van der Waals surface area contributed by atoms with Crippen LogP contribution in [0, 0.1) is 35.5 Å². The van der Waals surface area contributed by atoms with E-state index < -0.39 is 78.0 Å². The molecule has 0 radical (unpaired) electrons. The lowest BCUT2D eigenvalue weighted by Gasteiger charge is -2.46. The van der Waals surface area contributed by atoms with Gasteiger partial charge in [0.15, 0.2) is 11.2 Å². The monoisotopic (exact) mass is 628 g/mol. The Kier molecular flexibility index (Phi) is 11.7. The molecule has 3 aliphatic rings. The summed E-state index contributed by atoms with van der Waals surface area (Å²) in [5, 5.41) is 28.5. The summed E-state index contributed by atoms with van der Waals surface area (Å²) in [6, 6.07) is 0. The summed E-state index contributed by atoms with van der Waals surface area (Å²) in [5.41, 5.74) is -10.7. The highest BCUT2D eigenvalue weighted by atomic mass is 19.4. The Balaban J connectivity index is 0.000000390. The average Bonchev–Trinajstić information content (AvgIpc) is 3.40. The van der Waals surface area contributed by atoms with Gasteiger partial charge in [0.05, 0.1) is 0 Å². The van der Waals surface area contributed by atoms with Gasteiger partial charge in [0.1, 0.15) is 0 Å². The molecule has 0 aliphatic heterocycles. The van der Waals surface area contributed by atoms with Gasteiger partial charge >= 0.3 is 24.7 Å². The molecule has 3 N–H and O–H groups in total. The topological polar surface area (TPSA) is 60.7 Å². The first-order chi connectivity index (χ1) is 18.1. The molecule has 246 valence electrons. The maximum Gasteiger partial charge on any atom is 0.426 e. The first-order valence-electron chi connectivity index (χ1n) is 13.6. The van der Waals surface area contributed by atoms with Crippen molar-refractivity contribution in [1.82, 2.24) is 0 Å². The molecule has 0 heterocycles. The predicted octanol–water partition coefficient (Wildman–Crippen LogP) is 8.36. The zero-order valence-corrected chi connectivity index (χ0v) is 23.5. The highest BCUT2D eigenvalue weighted by molar-refractivity contribution is 5.01. The fraction of sp³-hybridized carbons (Fsp3) is 1.00. The van der Waals surface area contributed by atoms with E-state index in [1.807, 2.05) is 13.8 Å². The Labute approximate surface area is 231 Å². The molecule has 2 bridgehead atoms. The van der Waals surface area contributed by atoms with Crippen LogP contribution in [-0.2, 0) is 0 Å². The van der Waals surface area contributed by atoms with Gasteiger partial charge in [-0.25, -0.2) is 0 Å². The summed E-state index contributed by atoms with van der Waals surface area (Å²) in [4.78, 5) is 0. The maximum atomic E-state index is 12.9. The third-order valence-electron chi connectivity index (χ3n) is 9.06. The molecule has 0 aromatic rings. The first kappa shape index (κ1) is 38.1. The number of rotatable bonds is 4. The van der Waals surface area contributed by atoms with Crippen LogP contribution in [0.25, 0.3) is 0 Å². The highest BCUT2D eigenvalue weighted by Crippen LogP contribution is 2.55. The second kappa shape index (κ2) is 12.6. The van der Waals surface area contributed by atoms with Crippen molar-refractivity contribution in [2.45, 2.75) is 127 Å². The molecule has 0 aromatic heterocycles. The van der Waals surface area contributed by atoms with Gasteiger partial charge in [0.2, 0.25) is 0 Å². The van der Waals surface area contributed by atoms with Gasteiger partial charge in [0.25, 0.3) is 5.60 Å². The van der Waals surface area contributed by atoms with Crippen molar-refractivity contribution < 1.29 is 68.0 Å². The van der Waals surface area contributed by atoms with Crippen molar-refractivity contribution in [3.05, 3.63) is 0 Å². The third kappa shape index (κ3) is 8.16. The van der Waals surface area contributed by atoms with Gasteiger partial charge in [-0.15, -0.1) is 0 Å². The van der Waals surface area contributed by atoms with E-state index in [1.54, 1.807) is 0 Å². The van der Waals surface area contributed by atoms with E-state index in [9.17, 15) is 62.9 Å². The fourth-order valence-electron chi connectivity index (χ4n) is 6.38. The van der Waals surface area contributed by atoms with Crippen LogP contribution >= 0.6 is 0 Å². The Morgan fingerprint density at radius 1 is 0.561 bits per heavy atom. The molecule has 0 aromatic carbocycles. The lowest BCUT2D eigenvalue weighted by atomic mass is 9.65. The predicted molar refractivity (Wildman–Crippen MR) is 125 cm³/mol. The van der Waals surface area contributed by atoms with Gasteiger partial charge < -0.3 is 15.3 Å². The van der Waals surface area contributed by atoms with E-state index in [1.165, 1.54) is 6.92 Å². The van der Waals surface area contributed by atoms with Crippen LogP contribution in [-0.4, -0.2) is 56.8 Å². The number of aliphatic hydroxyl groups is 3. The minimum absolute atomic E-state index is 0.0308. The van der Waals surface area contributed by atoms with Crippen molar-refractivity contribution >= 4 is 0 Å². The number of halogens is 12. The maximum absolute atomic E-state index is 12.9. The van der Waals surface area contributed by atoms with Crippen molar-refractivity contribution in [3.8, 4) is 0 Å². The minimum atomic E-state index is -5.67. The number of hydrogen-bond donors (Lipinski definition) is 3. The normalized spacial score (nSPS) is 32.2. The van der Waals surface area contributed by atoms with Crippen LogP contribution in [0.3, 0.4) is 0 Å². The SMILES string of the molecule is CC.CC1CC(C(C)(O)C(F)(F)F)CC(C(C)(O)C(F)(F)F)C1.OC(CC1CC2CCC1C2)(C(F)(F)F)C(F)(F)F. The largest absolute Gasteiger partial charge is 0.426 e. The lowest BCUT2D eigenvalue weighted by molar-refractivity contribution is -0.373.